The third-order valence-corrected chi connectivity index (χ3v) is 3.38. The van der Waals surface area contributed by atoms with E-state index in [1.165, 1.54) is 0 Å². The molecule has 6 nitrogen and oxygen atoms in total. The highest BCUT2D eigenvalue weighted by atomic mass is 35.5. The molecule has 0 fully saturated rings. The Hall–Kier alpha value is -2.68. The molecule has 0 saturated heterocycles. The minimum absolute atomic E-state index is 0.0572. The van der Waals surface area contributed by atoms with Crippen molar-refractivity contribution in [2.45, 2.75) is 12.8 Å². The van der Waals surface area contributed by atoms with E-state index < -0.39 is 16.9 Å². The number of rotatable bonds is 4. The predicted octanol–water partition coefficient (Wildman–Crippen LogP) is 3.68. The Bertz CT molecular complexity index is 911. The molecule has 124 valence electrons. The van der Waals surface area contributed by atoms with Gasteiger partial charge in [0, 0.05) is 0 Å². The lowest BCUT2D eigenvalue weighted by Crippen LogP contribution is -2.10. The largest absolute Gasteiger partial charge is 0.472 e. The minimum Gasteiger partial charge on any atom is -0.472 e. The molecule has 24 heavy (non-hydrogen) atoms. The van der Waals surface area contributed by atoms with Gasteiger partial charge in [-0.3, -0.25) is 4.79 Å². The lowest BCUT2D eigenvalue weighted by molar-refractivity contribution is -0.137. The van der Waals surface area contributed by atoms with E-state index >= 15 is 0 Å². The summed E-state index contributed by atoms with van der Waals surface area (Å²) in [5.41, 5.74) is 0.116. The monoisotopic (exact) mass is 357 g/mol. The number of hydrogen-bond acceptors (Lipinski definition) is 6. The molecular formula is C14H7ClF3N3O3. The van der Waals surface area contributed by atoms with Gasteiger partial charge >= 0.3 is 6.18 Å². The van der Waals surface area contributed by atoms with Gasteiger partial charge in [0.15, 0.2) is 6.29 Å². The summed E-state index contributed by atoms with van der Waals surface area (Å²) in [5.74, 6) is -0.290. The predicted molar refractivity (Wildman–Crippen MR) is 75.8 cm³/mol. The lowest BCUT2D eigenvalue weighted by Gasteiger charge is -2.12. The maximum absolute atomic E-state index is 12.8. The van der Waals surface area contributed by atoms with Crippen molar-refractivity contribution >= 4 is 28.9 Å². The lowest BCUT2D eigenvalue weighted by atomic mass is 10.2. The van der Waals surface area contributed by atoms with Crippen LogP contribution in [0.15, 0.2) is 28.9 Å². The molecule has 0 saturated carbocycles. The van der Waals surface area contributed by atoms with Crippen LogP contribution in [-0.4, -0.2) is 21.6 Å². The molecule has 0 amide bonds. The molecule has 0 aliphatic heterocycles. The summed E-state index contributed by atoms with van der Waals surface area (Å²) < 4.78 is 48.2. The second-order valence-corrected chi connectivity index (χ2v) is 5.07. The van der Waals surface area contributed by atoms with Gasteiger partial charge < -0.3 is 4.74 Å². The number of alkyl halides is 3. The van der Waals surface area contributed by atoms with Crippen molar-refractivity contribution in [1.29, 1.82) is 0 Å². The van der Waals surface area contributed by atoms with Crippen molar-refractivity contribution in [2.24, 2.45) is 0 Å². The first-order valence-corrected chi connectivity index (χ1v) is 6.83. The molecule has 0 unspecified atom stereocenters. The van der Waals surface area contributed by atoms with E-state index in [4.69, 9.17) is 16.3 Å². The molecule has 2 aromatic heterocycles. The zero-order valence-electron chi connectivity index (χ0n) is 11.7. The number of carbonyl (C=O) groups excluding carboxylic acids is 1. The molecule has 0 bridgehead atoms. The standard InChI is InChI=1S/C14H7ClF3N3O3/c15-12-9(14(16,17)18)4-8(5-22)13(19-12)23-6-7-1-2-10-11(3-7)21-24-20-10/h1-5H,6H2. The second-order valence-electron chi connectivity index (χ2n) is 4.71. The topological polar surface area (TPSA) is 78.1 Å². The smallest absolute Gasteiger partial charge is 0.419 e. The molecule has 0 atom stereocenters. The van der Waals surface area contributed by atoms with Gasteiger partial charge in [-0.25, -0.2) is 9.61 Å². The molecule has 0 radical (unpaired) electrons. The SMILES string of the molecule is O=Cc1cc(C(F)(F)F)c(Cl)nc1OCc1ccc2nonc2c1. The highest BCUT2D eigenvalue weighted by Gasteiger charge is 2.35. The first-order valence-electron chi connectivity index (χ1n) is 6.45. The van der Waals surface area contributed by atoms with Crippen molar-refractivity contribution in [3.05, 3.63) is 46.1 Å². The van der Waals surface area contributed by atoms with Crippen LogP contribution in [0.2, 0.25) is 5.15 Å². The number of fused-ring (bicyclic) bond motifs is 1. The van der Waals surface area contributed by atoms with Gasteiger partial charge in [-0.05, 0) is 34.1 Å². The fourth-order valence-corrected chi connectivity index (χ4v) is 2.20. The van der Waals surface area contributed by atoms with E-state index in [-0.39, 0.29) is 24.3 Å². The summed E-state index contributed by atoms with van der Waals surface area (Å²) >= 11 is 5.53. The summed E-state index contributed by atoms with van der Waals surface area (Å²) in [6.07, 6.45) is -4.50. The van der Waals surface area contributed by atoms with Crippen LogP contribution in [0.3, 0.4) is 0 Å². The Balaban J connectivity index is 1.86. The van der Waals surface area contributed by atoms with Crippen LogP contribution in [0.1, 0.15) is 21.5 Å². The second kappa shape index (κ2) is 6.08. The van der Waals surface area contributed by atoms with E-state index in [1.54, 1.807) is 18.2 Å². The summed E-state index contributed by atoms with van der Waals surface area (Å²) in [6.45, 7) is -0.0572. The fraction of sp³-hybridized carbons (Fsp3) is 0.143. The van der Waals surface area contributed by atoms with Crippen LogP contribution in [0.4, 0.5) is 13.2 Å². The van der Waals surface area contributed by atoms with Gasteiger partial charge in [0.2, 0.25) is 5.88 Å². The van der Waals surface area contributed by atoms with Crippen LogP contribution < -0.4 is 4.74 Å². The average Bonchev–Trinajstić information content (AvgIpc) is 2.99. The van der Waals surface area contributed by atoms with Crippen LogP contribution in [0.25, 0.3) is 11.0 Å². The Morgan fingerprint density at radius 3 is 2.67 bits per heavy atom. The van der Waals surface area contributed by atoms with Gasteiger partial charge in [0.25, 0.3) is 0 Å². The number of aromatic nitrogens is 3. The summed E-state index contributed by atoms with van der Waals surface area (Å²) in [4.78, 5) is 14.5. The number of hydrogen-bond donors (Lipinski definition) is 0. The average molecular weight is 358 g/mol. The number of halogens is 4. The van der Waals surface area contributed by atoms with E-state index in [0.29, 0.717) is 22.7 Å². The van der Waals surface area contributed by atoms with Gasteiger partial charge in [-0.1, -0.05) is 17.7 Å². The first kappa shape index (κ1) is 16.2. The Kier molecular flexibility index (Phi) is 4.10. The van der Waals surface area contributed by atoms with E-state index in [2.05, 4.69) is 19.9 Å². The number of nitrogens with zero attached hydrogens (tertiary/aromatic N) is 3. The number of aldehydes is 1. The van der Waals surface area contributed by atoms with Gasteiger partial charge in [0.1, 0.15) is 22.8 Å². The number of carbonyl (C=O) groups is 1. The molecule has 0 N–H and O–H groups in total. The van der Waals surface area contributed by atoms with Crippen LogP contribution in [0.5, 0.6) is 5.88 Å². The normalized spacial score (nSPS) is 11.7. The fourth-order valence-electron chi connectivity index (χ4n) is 1.96. The van der Waals surface area contributed by atoms with Crippen molar-refractivity contribution < 1.29 is 27.3 Å². The Morgan fingerprint density at radius 1 is 1.21 bits per heavy atom. The molecule has 3 rings (SSSR count). The summed E-state index contributed by atoms with van der Waals surface area (Å²) in [7, 11) is 0. The quantitative estimate of drug-likeness (QED) is 0.523. The number of benzene rings is 1. The maximum Gasteiger partial charge on any atom is 0.419 e. The molecule has 10 heteroatoms. The summed E-state index contributed by atoms with van der Waals surface area (Å²) in [5, 5.41) is 6.51. The van der Waals surface area contributed by atoms with Crippen LogP contribution >= 0.6 is 11.6 Å². The highest BCUT2D eigenvalue weighted by Crippen LogP contribution is 2.36. The van der Waals surface area contributed by atoms with Crippen molar-refractivity contribution in [3.8, 4) is 5.88 Å². The third kappa shape index (κ3) is 3.16. The Morgan fingerprint density at radius 2 is 1.96 bits per heavy atom. The first-order chi connectivity index (χ1) is 11.4. The Labute approximate surface area is 137 Å². The third-order valence-electron chi connectivity index (χ3n) is 3.09. The van der Waals surface area contributed by atoms with Gasteiger partial charge in [0.05, 0.1) is 11.1 Å². The van der Waals surface area contributed by atoms with Crippen LogP contribution in [-0.2, 0) is 12.8 Å². The molecule has 0 spiro atoms. The van der Waals surface area contributed by atoms with Crippen LogP contribution in [0, 0.1) is 0 Å². The highest BCUT2D eigenvalue weighted by molar-refractivity contribution is 6.30. The van der Waals surface area contributed by atoms with E-state index in [9.17, 15) is 18.0 Å². The molecule has 3 aromatic rings. The molecular weight excluding hydrogens is 351 g/mol. The zero-order valence-corrected chi connectivity index (χ0v) is 12.4. The zero-order chi connectivity index (χ0) is 17.3. The number of pyridine rings is 1. The number of ether oxygens (including phenoxy) is 1. The van der Waals surface area contributed by atoms with Gasteiger partial charge in [-0.15, -0.1) is 0 Å². The molecule has 0 aliphatic rings. The summed E-state index contributed by atoms with van der Waals surface area (Å²) in [6, 6.07) is 5.53. The molecule has 1 aromatic carbocycles. The van der Waals surface area contributed by atoms with Crippen molar-refractivity contribution in [2.75, 3.05) is 0 Å². The van der Waals surface area contributed by atoms with Crippen molar-refractivity contribution in [3.63, 3.8) is 0 Å². The van der Waals surface area contributed by atoms with E-state index in [0.717, 1.165) is 0 Å². The molecule has 0 aliphatic carbocycles. The van der Waals surface area contributed by atoms with Gasteiger partial charge in [-0.2, -0.15) is 13.2 Å². The molecule has 2 heterocycles. The maximum atomic E-state index is 12.8. The van der Waals surface area contributed by atoms with Crippen molar-refractivity contribution in [1.82, 2.24) is 15.3 Å². The van der Waals surface area contributed by atoms with E-state index in [1.807, 2.05) is 0 Å². The minimum atomic E-state index is -4.72.